The van der Waals surface area contributed by atoms with Gasteiger partial charge in [-0.15, -0.1) is 0 Å². The van der Waals surface area contributed by atoms with Crippen LogP contribution in [0.25, 0.3) is 0 Å². The summed E-state index contributed by atoms with van der Waals surface area (Å²) in [5, 5.41) is 1.04. The first-order chi connectivity index (χ1) is 4.95. The third kappa shape index (κ3) is 2.51. The molecule has 0 aliphatic carbocycles. The van der Waals surface area contributed by atoms with E-state index in [0.29, 0.717) is 6.10 Å². The van der Waals surface area contributed by atoms with Gasteiger partial charge in [0.1, 0.15) is 0 Å². The van der Waals surface area contributed by atoms with Crippen molar-refractivity contribution in [1.82, 2.24) is 0 Å². The van der Waals surface area contributed by atoms with Crippen molar-refractivity contribution in [3.63, 3.8) is 0 Å². The summed E-state index contributed by atoms with van der Waals surface area (Å²) >= 11 is 2.11. The minimum atomic E-state index is 0.659. The zero-order chi connectivity index (χ0) is 6.81. The van der Waals surface area contributed by atoms with E-state index in [1.54, 1.807) is 0 Å². The van der Waals surface area contributed by atoms with Crippen LogP contribution in [0.5, 0.6) is 0 Å². The highest BCUT2D eigenvalue weighted by molar-refractivity contribution is 8.06. The summed E-state index contributed by atoms with van der Waals surface area (Å²) in [4.78, 5) is 0. The van der Waals surface area contributed by atoms with Crippen LogP contribution in [0.15, 0.2) is 0 Å². The van der Waals surface area contributed by atoms with Crippen LogP contribution in [0, 0.1) is 0 Å². The van der Waals surface area contributed by atoms with Gasteiger partial charge in [0.05, 0.1) is 12.7 Å². The molecule has 10 heavy (non-hydrogen) atoms. The Balaban J connectivity index is 1.40. The Bertz CT molecular complexity index is 93.8. The van der Waals surface area contributed by atoms with Gasteiger partial charge >= 0.3 is 0 Å². The summed E-state index contributed by atoms with van der Waals surface area (Å²) in [5.41, 5.74) is 0. The lowest BCUT2D eigenvalue weighted by Gasteiger charge is -1.94. The molecule has 0 spiro atoms. The zero-order valence-electron chi connectivity index (χ0n) is 6.21. The van der Waals surface area contributed by atoms with Gasteiger partial charge in [-0.05, 0) is 12.8 Å². The molecule has 2 atom stereocenters. The number of unbranched alkanes of at least 4 members (excludes halogenated alkanes) is 1. The van der Waals surface area contributed by atoms with Crippen LogP contribution >= 0.6 is 11.8 Å². The van der Waals surface area contributed by atoms with E-state index in [2.05, 4.69) is 11.8 Å². The molecule has 2 aliphatic heterocycles. The number of thioether (sulfide) groups is 1. The lowest BCUT2D eigenvalue weighted by molar-refractivity contribution is 0.389. The molecule has 2 aliphatic rings. The highest BCUT2D eigenvalue weighted by Crippen LogP contribution is 2.34. The van der Waals surface area contributed by atoms with Gasteiger partial charge in [0.25, 0.3) is 0 Å². The fraction of sp³-hybridized carbons (Fsp3) is 1.00. The molecular weight excluding hydrogens is 144 g/mol. The first-order valence-corrected chi connectivity index (χ1v) is 5.23. The molecule has 2 fully saturated rings. The highest BCUT2D eigenvalue weighted by Gasteiger charge is 2.23. The standard InChI is InChI=1S/C8H14OS/c1(3-7-5-9-7)2-4-8-6-10-8/h7-8H,1-6H2. The second-order valence-electron chi connectivity index (χ2n) is 3.20. The van der Waals surface area contributed by atoms with Crippen LogP contribution in [0.1, 0.15) is 25.7 Å². The minimum Gasteiger partial charge on any atom is -0.373 e. The fourth-order valence-electron chi connectivity index (χ4n) is 1.21. The number of epoxide rings is 1. The third-order valence-corrected chi connectivity index (χ3v) is 3.15. The molecule has 0 aromatic carbocycles. The van der Waals surface area contributed by atoms with Crippen molar-refractivity contribution in [2.45, 2.75) is 37.0 Å². The largest absolute Gasteiger partial charge is 0.373 e. The van der Waals surface area contributed by atoms with E-state index >= 15 is 0 Å². The maximum atomic E-state index is 5.13. The maximum absolute atomic E-state index is 5.13. The van der Waals surface area contributed by atoms with E-state index in [1.807, 2.05) is 0 Å². The average Bonchev–Trinajstić information content (AvgIpc) is 2.77. The molecule has 0 N–H and O–H groups in total. The molecule has 1 nitrogen and oxygen atoms in total. The monoisotopic (exact) mass is 158 g/mol. The van der Waals surface area contributed by atoms with Crippen LogP contribution < -0.4 is 0 Å². The number of hydrogen-bond donors (Lipinski definition) is 0. The first kappa shape index (κ1) is 6.99. The van der Waals surface area contributed by atoms with Crippen molar-refractivity contribution in [2.24, 2.45) is 0 Å². The Morgan fingerprint density at radius 3 is 2.60 bits per heavy atom. The van der Waals surface area contributed by atoms with E-state index in [1.165, 1.54) is 31.4 Å². The van der Waals surface area contributed by atoms with Gasteiger partial charge in [-0.2, -0.15) is 11.8 Å². The Labute approximate surface area is 66.5 Å². The molecule has 2 saturated heterocycles. The van der Waals surface area contributed by atoms with Crippen molar-refractivity contribution in [2.75, 3.05) is 12.4 Å². The minimum absolute atomic E-state index is 0.659. The SMILES string of the molecule is C(CCC1CS1)CC1CO1. The fourth-order valence-corrected chi connectivity index (χ4v) is 1.85. The molecule has 0 saturated carbocycles. The number of rotatable bonds is 5. The molecule has 58 valence electrons. The zero-order valence-corrected chi connectivity index (χ0v) is 7.03. The Morgan fingerprint density at radius 2 is 2.00 bits per heavy atom. The Hall–Kier alpha value is 0.310. The van der Waals surface area contributed by atoms with Crippen LogP contribution in [0.2, 0.25) is 0 Å². The van der Waals surface area contributed by atoms with Crippen LogP contribution in [-0.2, 0) is 4.74 Å². The van der Waals surface area contributed by atoms with Gasteiger partial charge in [0.2, 0.25) is 0 Å². The van der Waals surface area contributed by atoms with Gasteiger partial charge in [0.15, 0.2) is 0 Å². The van der Waals surface area contributed by atoms with Crippen molar-refractivity contribution in [3.8, 4) is 0 Å². The van der Waals surface area contributed by atoms with Gasteiger partial charge < -0.3 is 4.74 Å². The topological polar surface area (TPSA) is 12.5 Å². The lowest BCUT2D eigenvalue weighted by atomic mass is 10.1. The molecule has 2 heteroatoms. The number of ether oxygens (including phenoxy) is 1. The van der Waals surface area contributed by atoms with E-state index in [0.717, 1.165) is 11.9 Å². The second-order valence-corrected chi connectivity index (χ2v) is 4.53. The van der Waals surface area contributed by atoms with Gasteiger partial charge in [-0.1, -0.05) is 12.8 Å². The van der Waals surface area contributed by atoms with Crippen LogP contribution in [0.4, 0.5) is 0 Å². The normalized spacial score (nSPS) is 36.0. The van der Waals surface area contributed by atoms with Crippen LogP contribution in [-0.4, -0.2) is 23.7 Å². The molecule has 0 aromatic rings. The maximum Gasteiger partial charge on any atom is 0.0810 e. The summed E-state index contributed by atoms with van der Waals surface area (Å²) in [6.07, 6.45) is 6.25. The van der Waals surface area contributed by atoms with Crippen LogP contribution in [0.3, 0.4) is 0 Å². The van der Waals surface area contributed by atoms with Crippen molar-refractivity contribution >= 4 is 11.8 Å². The molecule has 2 heterocycles. The quantitative estimate of drug-likeness (QED) is 0.448. The average molecular weight is 158 g/mol. The Morgan fingerprint density at radius 1 is 1.30 bits per heavy atom. The highest BCUT2D eigenvalue weighted by atomic mass is 32.2. The summed E-state index contributed by atoms with van der Waals surface area (Å²) in [5.74, 6) is 1.43. The predicted octanol–water partition coefficient (Wildman–Crippen LogP) is 2.06. The summed E-state index contributed by atoms with van der Waals surface area (Å²) < 4.78 is 5.13. The molecule has 2 unspecified atom stereocenters. The van der Waals surface area contributed by atoms with Crippen molar-refractivity contribution < 1.29 is 4.74 Å². The summed E-state index contributed by atoms with van der Waals surface area (Å²) in [7, 11) is 0. The summed E-state index contributed by atoms with van der Waals surface area (Å²) in [6, 6.07) is 0. The van der Waals surface area contributed by atoms with Gasteiger partial charge in [0, 0.05) is 11.0 Å². The van der Waals surface area contributed by atoms with Gasteiger partial charge in [-0.25, -0.2) is 0 Å². The molecule has 2 rings (SSSR count). The molecule has 0 aromatic heterocycles. The molecular formula is C8H14OS. The molecule has 0 radical (unpaired) electrons. The Kier molecular flexibility index (Phi) is 2.19. The van der Waals surface area contributed by atoms with Crippen molar-refractivity contribution in [3.05, 3.63) is 0 Å². The van der Waals surface area contributed by atoms with E-state index in [4.69, 9.17) is 4.74 Å². The third-order valence-electron chi connectivity index (χ3n) is 2.11. The van der Waals surface area contributed by atoms with E-state index in [9.17, 15) is 0 Å². The first-order valence-electron chi connectivity index (χ1n) is 4.18. The van der Waals surface area contributed by atoms with E-state index in [-0.39, 0.29) is 0 Å². The van der Waals surface area contributed by atoms with Crippen molar-refractivity contribution in [1.29, 1.82) is 0 Å². The summed E-state index contributed by atoms with van der Waals surface area (Å²) in [6.45, 7) is 1.04. The van der Waals surface area contributed by atoms with Gasteiger partial charge in [-0.3, -0.25) is 0 Å². The van der Waals surface area contributed by atoms with E-state index < -0.39 is 0 Å². The molecule has 0 amide bonds. The predicted molar refractivity (Wildman–Crippen MR) is 44.5 cm³/mol. The lowest BCUT2D eigenvalue weighted by Crippen LogP contribution is -1.87. The molecule has 0 bridgehead atoms. The second kappa shape index (κ2) is 3.14. The smallest absolute Gasteiger partial charge is 0.0810 e. The number of hydrogen-bond acceptors (Lipinski definition) is 2.